The number of fused-ring (bicyclic) bond motifs is 1. The SMILES string of the molecule is CNC(=O)C(C)n1cnc2c(c1=O)CCCN2. The van der Waals surface area contributed by atoms with Gasteiger partial charge in [0.25, 0.3) is 5.56 Å². The van der Waals surface area contributed by atoms with Gasteiger partial charge in [0, 0.05) is 13.6 Å². The van der Waals surface area contributed by atoms with E-state index in [1.54, 1.807) is 14.0 Å². The minimum atomic E-state index is -0.535. The van der Waals surface area contributed by atoms with E-state index in [0.717, 1.165) is 19.4 Å². The number of nitrogens with one attached hydrogen (secondary N) is 2. The lowest BCUT2D eigenvalue weighted by molar-refractivity contribution is -0.123. The summed E-state index contributed by atoms with van der Waals surface area (Å²) >= 11 is 0. The van der Waals surface area contributed by atoms with Crippen LogP contribution in [-0.2, 0) is 11.2 Å². The van der Waals surface area contributed by atoms with Crippen LogP contribution < -0.4 is 16.2 Å². The number of hydrogen-bond donors (Lipinski definition) is 2. The van der Waals surface area contributed by atoms with Gasteiger partial charge in [-0.05, 0) is 19.8 Å². The molecular weight excluding hydrogens is 220 g/mol. The Bertz CT molecular complexity index is 495. The van der Waals surface area contributed by atoms with Gasteiger partial charge in [0.15, 0.2) is 0 Å². The fraction of sp³-hybridized carbons (Fsp3) is 0.545. The molecule has 1 aliphatic heterocycles. The summed E-state index contributed by atoms with van der Waals surface area (Å²) in [7, 11) is 1.55. The highest BCUT2D eigenvalue weighted by atomic mass is 16.2. The van der Waals surface area contributed by atoms with Gasteiger partial charge >= 0.3 is 0 Å². The summed E-state index contributed by atoms with van der Waals surface area (Å²) in [5.41, 5.74) is 0.549. The smallest absolute Gasteiger partial charge is 0.259 e. The van der Waals surface area contributed by atoms with Crippen molar-refractivity contribution in [2.75, 3.05) is 18.9 Å². The number of rotatable bonds is 2. The molecular formula is C11H16N4O2. The molecule has 0 aromatic carbocycles. The molecule has 2 N–H and O–H groups in total. The van der Waals surface area contributed by atoms with Crippen LogP contribution in [0.5, 0.6) is 0 Å². The molecule has 1 aliphatic rings. The summed E-state index contributed by atoms with van der Waals surface area (Å²) < 4.78 is 1.38. The number of aromatic nitrogens is 2. The van der Waals surface area contributed by atoms with Gasteiger partial charge in [0.05, 0.1) is 5.56 Å². The molecule has 1 aromatic rings. The maximum atomic E-state index is 12.2. The first-order valence-electron chi connectivity index (χ1n) is 5.70. The van der Waals surface area contributed by atoms with Crippen molar-refractivity contribution in [3.05, 3.63) is 22.2 Å². The van der Waals surface area contributed by atoms with Crippen LogP contribution in [0, 0.1) is 0 Å². The van der Waals surface area contributed by atoms with Crippen molar-refractivity contribution in [3.63, 3.8) is 0 Å². The van der Waals surface area contributed by atoms with E-state index in [0.29, 0.717) is 11.4 Å². The number of likely N-dealkylation sites (N-methyl/N-ethyl adjacent to an activating group) is 1. The van der Waals surface area contributed by atoms with E-state index in [1.165, 1.54) is 10.9 Å². The molecule has 0 saturated carbocycles. The van der Waals surface area contributed by atoms with Gasteiger partial charge in [-0.15, -0.1) is 0 Å². The van der Waals surface area contributed by atoms with Gasteiger partial charge in [-0.2, -0.15) is 0 Å². The number of carbonyl (C=O) groups is 1. The highest BCUT2D eigenvalue weighted by molar-refractivity contribution is 5.79. The van der Waals surface area contributed by atoms with E-state index in [1.807, 2.05) is 0 Å². The molecule has 0 radical (unpaired) electrons. The van der Waals surface area contributed by atoms with E-state index in [2.05, 4.69) is 15.6 Å². The van der Waals surface area contributed by atoms with Crippen LogP contribution in [-0.4, -0.2) is 29.1 Å². The molecule has 0 fully saturated rings. The summed E-state index contributed by atoms with van der Waals surface area (Å²) in [6.45, 7) is 2.53. The number of hydrogen-bond acceptors (Lipinski definition) is 4. The second kappa shape index (κ2) is 4.57. The molecule has 6 nitrogen and oxygen atoms in total. The average Bonchev–Trinajstić information content (AvgIpc) is 2.38. The first-order valence-corrected chi connectivity index (χ1v) is 5.70. The van der Waals surface area contributed by atoms with Crippen LogP contribution >= 0.6 is 0 Å². The van der Waals surface area contributed by atoms with Gasteiger partial charge in [-0.3, -0.25) is 14.2 Å². The third kappa shape index (κ3) is 2.02. The fourth-order valence-electron chi connectivity index (χ4n) is 1.97. The molecule has 1 amide bonds. The number of carbonyl (C=O) groups excluding carboxylic acids is 1. The van der Waals surface area contributed by atoms with Crippen molar-refractivity contribution in [2.24, 2.45) is 0 Å². The second-order valence-electron chi connectivity index (χ2n) is 4.10. The summed E-state index contributed by atoms with van der Waals surface area (Å²) in [5.74, 6) is 0.458. The number of nitrogens with zero attached hydrogens (tertiary/aromatic N) is 2. The minimum Gasteiger partial charge on any atom is -0.370 e. The molecule has 17 heavy (non-hydrogen) atoms. The quantitative estimate of drug-likeness (QED) is 0.752. The molecule has 1 aromatic heterocycles. The minimum absolute atomic E-state index is 0.127. The Morgan fingerprint density at radius 3 is 3.12 bits per heavy atom. The van der Waals surface area contributed by atoms with Crippen LogP contribution in [0.15, 0.2) is 11.1 Å². The van der Waals surface area contributed by atoms with Crippen molar-refractivity contribution in [2.45, 2.75) is 25.8 Å². The molecule has 6 heteroatoms. The summed E-state index contributed by atoms with van der Waals surface area (Å²) in [5, 5.41) is 5.62. The summed E-state index contributed by atoms with van der Waals surface area (Å²) in [4.78, 5) is 27.9. The lowest BCUT2D eigenvalue weighted by Crippen LogP contribution is -2.36. The fourth-order valence-corrected chi connectivity index (χ4v) is 1.97. The van der Waals surface area contributed by atoms with Crippen LogP contribution in [0.25, 0.3) is 0 Å². The average molecular weight is 236 g/mol. The monoisotopic (exact) mass is 236 g/mol. The van der Waals surface area contributed by atoms with Gasteiger partial charge < -0.3 is 10.6 Å². The highest BCUT2D eigenvalue weighted by Gasteiger charge is 2.20. The van der Waals surface area contributed by atoms with E-state index in [-0.39, 0.29) is 11.5 Å². The Kier molecular flexibility index (Phi) is 3.12. The predicted molar refractivity (Wildman–Crippen MR) is 64.1 cm³/mol. The van der Waals surface area contributed by atoms with Gasteiger partial charge in [-0.1, -0.05) is 0 Å². The van der Waals surface area contributed by atoms with Crippen LogP contribution in [0.4, 0.5) is 5.82 Å². The van der Waals surface area contributed by atoms with Gasteiger partial charge in [0.1, 0.15) is 18.2 Å². The van der Waals surface area contributed by atoms with Crippen LogP contribution in [0.2, 0.25) is 0 Å². The second-order valence-corrected chi connectivity index (χ2v) is 4.10. The Hall–Kier alpha value is -1.85. The number of amides is 1. The Morgan fingerprint density at radius 2 is 2.41 bits per heavy atom. The van der Waals surface area contributed by atoms with Gasteiger partial charge in [-0.25, -0.2) is 4.98 Å². The third-order valence-electron chi connectivity index (χ3n) is 3.03. The molecule has 1 unspecified atom stereocenters. The summed E-state index contributed by atoms with van der Waals surface area (Å²) in [6.07, 6.45) is 3.07. The Morgan fingerprint density at radius 1 is 1.65 bits per heavy atom. The Balaban J connectivity index is 2.43. The molecule has 92 valence electrons. The molecule has 0 saturated heterocycles. The predicted octanol–water partition coefficient (Wildman–Crippen LogP) is -0.0916. The van der Waals surface area contributed by atoms with Crippen molar-refractivity contribution in [3.8, 4) is 0 Å². The first kappa shape index (κ1) is 11.6. The highest BCUT2D eigenvalue weighted by Crippen LogP contribution is 2.15. The summed E-state index contributed by atoms with van der Waals surface area (Å²) in [6, 6.07) is -0.535. The molecule has 0 bridgehead atoms. The molecule has 0 aliphatic carbocycles. The lowest BCUT2D eigenvalue weighted by atomic mass is 10.1. The van der Waals surface area contributed by atoms with E-state index in [4.69, 9.17) is 0 Å². The van der Waals surface area contributed by atoms with Crippen molar-refractivity contribution < 1.29 is 4.79 Å². The Labute approximate surface area is 99.1 Å². The normalized spacial score (nSPS) is 15.6. The maximum Gasteiger partial charge on any atom is 0.259 e. The topological polar surface area (TPSA) is 76.0 Å². The van der Waals surface area contributed by atoms with Crippen molar-refractivity contribution in [1.29, 1.82) is 0 Å². The first-order chi connectivity index (χ1) is 8.15. The molecule has 2 heterocycles. The lowest BCUT2D eigenvalue weighted by Gasteiger charge is -2.19. The largest absolute Gasteiger partial charge is 0.370 e. The van der Waals surface area contributed by atoms with Crippen molar-refractivity contribution >= 4 is 11.7 Å². The third-order valence-corrected chi connectivity index (χ3v) is 3.03. The zero-order valence-corrected chi connectivity index (χ0v) is 9.99. The van der Waals surface area contributed by atoms with E-state index < -0.39 is 6.04 Å². The van der Waals surface area contributed by atoms with Crippen molar-refractivity contribution in [1.82, 2.24) is 14.9 Å². The molecule has 1 atom stereocenters. The standard InChI is InChI=1S/C11H16N4O2/c1-7(10(16)12-2)15-6-14-9-8(11(15)17)4-3-5-13-9/h6-7,13H,3-5H2,1-2H3,(H,12,16). The maximum absolute atomic E-state index is 12.2. The van der Waals surface area contributed by atoms with Crippen LogP contribution in [0.3, 0.4) is 0 Å². The molecule has 2 rings (SSSR count). The van der Waals surface area contributed by atoms with Gasteiger partial charge in [0.2, 0.25) is 5.91 Å². The van der Waals surface area contributed by atoms with E-state index >= 15 is 0 Å². The van der Waals surface area contributed by atoms with Crippen LogP contribution in [0.1, 0.15) is 24.9 Å². The van der Waals surface area contributed by atoms with E-state index in [9.17, 15) is 9.59 Å². The zero-order chi connectivity index (χ0) is 12.4. The molecule has 0 spiro atoms. The number of anilines is 1. The zero-order valence-electron chi connectivity index (χ0n) is 9.99.